The lowest BCUT2D eigenvalue weighted by Crippen LogP contribution is -2.27. The highest BCUT2D eigenvalue weighted by Crippen LogP contribution is 2.12. The van der Waals surface area contributed by atoms with Crippen LogP contribution < -0.4 is 15.8 Å². The van der Waals surface area contributed by atoms with Crippen molar-refractivity contribution in [3.63, 3.8) is 0 Å². The van der Waals surface area contributed by atoms with Crippen LogP contribution >= 0.6 is 11.3 Å². The van der Waals surface area contributed by atoms with Gasteiger partial charge >= 0.3 is 0 Å². The monoisotopic (exact) mass is 319 g/mol. The van der Waals surface area contributed by atoms with Gasteiger partial charge in [0.05, 0.1) is 7.11 Å². The summed E-state index contributed by atoms with van der Waals surface area (Å²) in [4.78, 5) is 16.6. The van der Waals surface area contributed by atoms with Crippen molar-refractivity contribution >= 4 is 23.1 Å². The van der Waals surface area contributed by atoms with Gasteiger partial charge in [0.25, 0.3) is 5.91 Å². The van der Waals surface area contributed by atoms with Crippen LogP contribution in [0.5, 0.6) is 5.75 Å². The van der Waals surface area contributed by atoms with E-state index in [0.717, 1.165) is 16.9 Å². The molecular formula is C15H17N3O3S. The average Bonchev–Trinajstić information content (AvgIpc) is 3.07. The standard InChI is InChI=1S/C15H17N3O3S/c1-20-13-4-2-3-11(7-13)8-17-14(19)9-21-18-15(16)12-5-6-22-10-12/h2-7,10H,8-9H2,1H3,(H2,16,18)(H,17,19). The Labute approximate surface area is 132 Å². The van der Waals surface area contributed by atoms with Gasteiger partial charge in [-0.25, -0.2) is 0 Å². The van der Waals surface area contributed by atoms with Gasteiger partial charge < -0.3 is 20.6 Å². The zero-order valence-corrected chi connectivity index (χ0v) is 12.9. The minimum Gasteiger partial charge on any atom is -0.497 e. The molecule has 116 valence electrons. The van der Waals surface area contributed by atoms with Gasteiger partial charge in [-0.05, 0) is 29.1 Å². The van der Waals surface area contributed by atoms with Gasteiger partial charge in [-0.15, -0.1) is 0 Å². The fourth-order valence-electron chi connectivity index (χ4n) is 1.66. The number of amidine groups is 1. The highest BCUT2D eigenvalue weighted by atomic mass is 32.1. The minimum absolute atomic E-state index is 0.186. The lowest BCUT2D eigenvalue weighted by molar-refractivity contribution is -0.125. The second-order valence-corrected chi connectivity index (χ2v) is 5.17. The number of methoxy groups -OCH3 is 1. The number of oxime groups is 1. The summed E-state index contributed by atoms with van der Waals surface area (Å²) >= 11 is 1.51. The molecule has 0 spiro atoms. The highest BCUT2D eigenvalue weighted by molar-refractivity contribution is 7.08. The molecule has 3 N–H and O–H groups in total. The Morgan fingerprint density at radius 1 is 1.41 bits per heavy atom. The number of amides is 1. The Balaban J connectivity index is 1.75. The number of carbonyl (C=O) groups is 1. The first kappa shape index (κ1) is 15.8. The molecule has 0 aliphatic heterocycles. The van der Waals surface area contributed by atoms with Gasteiger partial charge in [-0.2, -0.15) is 11.3 Å². The number of rotatable bonds is 7. The predicted molar refractivity (Wildman–Crippen MR) is 85.8 cm³/mol. The molecule has 0 saturated heterocycles. The molecule has 1 amide bonds. The Kier molecular flexibility index (Phi) is 5.79. The smallest absolute Gasteiger partial charge is 0.261 e. The number of hydrogen-bond acceptors (Lipinski definition) is 5. The number of ether oxygens (including phenoxy) is 1. The van der Waals surface area contributed by atoms with Gasteiger partial charge in [0.15, 0.2) is 12.4 Å². The molecule has 0 aliphatic rings. The summed E-state index contributed by atoms with van der Waals surface area (Å²) in [5, 5.41) is 10.2. The molecule has 0 fully saturated rings. The van der Waals surface area contributed by atoms with Crippen molar-refractivity contribution in [2.45, 2.75) is 6.54 Å². The number of nitrogens with one attached hydrogen (secondary N) is 1. The first-order valence-electron chi connectivity index (χ1n) is 6.56. The fourth-order valence-corrected chi connectivity index (χ4v) is 2.31. The Morgan fingerprint density at radius 3 is 3.00 bits per heavy atom. The van der Waals surface area contributed by atoms with Crippen molar-refractivity contribution in [1.82, 2.24) is 5.32 Å². The van der Waals surface area contributed by atoms with E-state index in [1.165, 1.54) is 11.3 Å². The Hall–Kier alpha value is -2.54. The maximum absolute atomic E-state index is 11.7. The van der Waals surface area contributed by atoms with E-state index >= 15 is 0 Å². The van der Waals surface area contributed by atoms with E-state index in [1.54, 1.807) is 7.11 Å². The third kappa shape index (κ3) is 4.78. The molecule has 2 rings (SSSR count). The first-order valence-corrected chi connectivity index (χ1v) is 7.51. The van der Waals surface area contributed by atoms with Crippen molar-refractivity contribution in [1.29, 1.82) is 0 Å². The lowest BCUT2D eigenvalue weighted by atomic mass is 10.2. The normalized spacial score (nSPS) is 11.0. The quantitative estimate of drug-likeness (QED) is 0.462. The van der Waals surface area contributed by atoms with E-state index in [4.69, 9.17) is 15.3 Å². The maximum atomic E-state index is 11.7. The Bertz CT molecular complexity index is 641. The zero-order valence-electron chi connectivity index (χ0n) is 12.1. The van der Waals surface area contributed by atoms with E-state index in [0.29, 0.717) is 6.54 Å². The third-order valence-corrected chi connectivity index (χ3v) is 3.48. The predicted octanol–water partition coefficient (Wildman–Crippen LogP) is 1.71. The number of nitrogens with two attached hydrogens (primary N) is 1. The molecule has 1 heterocycles. The van der Waals surface area contributed by atoms with Crippen LogP contribution in [0.4, 0.5) is 0 Å². The van der Waals surface area contributed by atoms with Crippen LogP contribution in [0.25, 0.3) is 0 Å². The van der Waals surface area contributed by atoms with Crippen LogP contribution in [0.15, 0.2) is 46.2 Å². The van der Waals surface area contributed by atoms with Crippen LogP contribution in [0.3, 0.4) is 0 Å². The number of nitrogens with zero attached hydrogens (tertiary/aromatic N) is 1. The molecule has 1 aromatic carbocycles. The second-order valence-electron chi connectivity index (χ2n) is 4.39. The number of carbonyl (C=O) groups excluding carboxylic acids is 1. The summed E-state index contributed by atoms with van der Waals surface area (Å²) in [5.74, 6) is 0.725. The molecule has 6 nitrogen and oxygen atoms in total. The minimum atomic E-state index is -0.273. The lowest BCUT2D eigenvalue weighted by Gasteiger charge is -2.06. The van der Waals surface area contributed by atoms with Crippen molar-refractivity contribution in [2.75, 3.05) is 13.7 Å². The van der Waals surface area contributed by atoms with Crippen LogP contribution in [0, 0.1) is 0 Å². The molecule has 0 bridgehead atoms. The Morgan fingerprint density at radius 2 is 2.27 bits per heavy atom. The van der Waals surface area contributed by atoms with Crippen molar-refractivity contribution < 1.29 is 14.4 Å². The van der Waals surface area contributed by atoms with Gasteiger partial charge in [-0.1, -0.05) is 17.3 Å². The van der Waals surface area contributed by atoms with E-state index in [9.17, 15) is 4.79 Å². The third-order valence-electron chi connectivity index (χ3n) is 2.80. The number of thiophene rings is 1. The largest absolute Gasteiger partial charge is 0.497 e. The van der Waals surface area contributed by atoms with Crippen molar-refractivity contribution in [2.24, 2.45) is 10.9 Å². The van der Waals surface area contributed by atoms with Crippen molar-refractivity contribution in [3.8, 4) is 5.75 Å². The molecule has 1 aromatic heterocycles. The summed E-state index contributed by atoms with van der Waals surface area (Å²) in [7, 11) is 1.60. The average molecular weight is 319 g/mol. The van der Waals surface area contributed by atoms with E-state index in [1.807, 2.05) is 41.1 Å². The molecule has 0 radical (unpaired) electrons. The summed E-state index contributed by atoms with van der Waals surface area (Å²) in [6, 6.07) is 9.29. The van der Waals surface area contributed by atoms with Crippen LogP contribution in [-0.2, 0) is 16.2 Å². The van der Waals surface area contributed by atoms with Crippen LogP contribution in [0.2, 0.25) is 0 Å². The van der Waals surface area contributed by atoms with E-state index in [-0.39, 0.29) is 18.3 Å². The SMILES string of the molecule is COc1cccc(CNC(=O)CO/N=C(\N)c2ccsc2)c1. The van der Waals surface area contributed by atoms with E-state index in [2.05, 4.69) is 10.5 Å². The molecule has 7 heteroatoms. The van der Waals surface area contributed by atoms with Crippen LogP contribution in [0.1, 0.15) is 11.1 Å². The van der Waals surface area contributed by atoms with Gasteiger partial charge in [-0.3, -0.25) is 4.79 Å². The molecule has 2 aromatic rings. The molecule has 0 aliphatic carbocycles. The summed E-state index contributed by atoms with van der Waals surface area (Å²) in [6.45, 7) is 0.206. The molecule has 22 heavy (non-hydrogen) atoms. The molecule has 0 unspecified atom stereocenters. The zero-order chi connectivity index (χ0) is 15.8. The molecule has 0 saturated carbocycles. The fraction of sp³-hybridized carbons (Fsp3) is 0.200. The molecular weight excluding hydrogens is 302 g/mol. The topological polar surface area (TPSA) is 85.9 Å². The summed E-state index contributed by atoms with van der Waals surface area (Å²) in [5.41, 5.74) is 7.43. The highest BCUT2D eigenvalue weighted by Gasteiger charge is 2.04. The van der Waals surface area contributed by atoms with Gasteiger partial charge in [0.2, 0.25) is 0 Å². The first-order chi connectivity index (χ1) is 10.7. The van der Waals surface area contributed by atoms with Gasteiger partial charge in [0, 0.05) is 17.5 Å². The van der Waals surface area contributed by atoms with Crippen LogP contribution in [-0.4, -0.2) is 25.5 Å². The van der Waals surface area contributed by atoms with Gasteiger partial charge in [0.1, 0.15) is 5.75 Å². The summed E-state index contributed by atoms with van der Waals surface area (Å²) < 4.78 is 5.12. The van der Waals surface area contributed by atoms with E-state index < -0.39 is 0 Å². The number of hydrogen-bond donors (Lipinski definition) is 2. The maximum Gasteiger partial charge on any atom is 0.261 e. The second kappa shape index (κ2) is 8.04. The molecule has 0 atom stereocenters. The van der Waals surface area contributed by atoms with Crippen molar-refractivity contribution in [3.05, 3.63) is 52.2 Å². The summed E-state index contributed by atoms with van der Waals surface area (Å²) in [6.07, 6.45) is 0. The number of benzene rings is 1.